The van der Waals surface area contributed by atoms with Gasteiger partial charge in [-0.15, -0.1) is 0 Å². The summed E-state index contributed by atoms with van der Waals surface area (Å²) in [6.07, 6.45) is 119. The lowest BCUT2D eigenvalue weighted by Crippen LogP contribution is -2.30. The quantitative estimate of drug-likeness (QED) is 0.0146. The molecular formula is C99H164O16P2. The number of ether oxygens (including phenoxy) is 3. The number of hydrogen-bond donors (Lipinski definition) is 4. The maximum absolute atomic E-state index is 13.1. The van der Waals surface area contributed by atoms with E-state index in [1.54, 1.807) is 0 Å². The van der Waals surface area contributed by atoms with E-state index in [9.17, 15) is 43.5 Å². The molecule has 4 N–H and O–H groups in total. The molecule has 117 heavy (non-hydrogen) atoms. The Kier molecular flexibility index (Phi) is 85.3. The molecule has 0 aromatic carbocycles. The van der Waals surface area contributed by atoms with Crippen molar-refractivity contribution in [1.82, 2.24) is 0 Å². The molecule has 0 spiro atoms. The molecule has 0 aliphatic heterocycles. The molecular weight excluding hydrogens is 1510 g/mol. The Morgan fingerprint density at radius 3 is 0.718 bits per heavy atom. The number of rotatable bonds is 85. The van der Waals surface area contributed by atoms with Gasteiger partial charge in [-0.3, -0.25) is 32.5 Å². The van der Waals surface area contributed by atoms with Crippen LogP contribution in [0.15, 0.2) is 194 Å². The van der Waals surface area contributed by atoms with E-state index < -0.39 is 91.5 Å². The zero-order chi connectivity index (χ0) is 85.1. The fourth-order valence-electron chi connectivity index (χ4n) is 11.9. The SMILES string of the molecule is CC/C=C\C/C=C\C/C=C\C/C=C\C/C=C\C/C=C\CCCCCCCCC(=O)OCC(COP(=O)(O)OCC(O)COP(=O)(O)OCC(O)COC(=O)CCCCCCCCCCCCCCCCC/C=C\C/C=C\C/C=C\C/C=C\CCCCC)OC(=O)CCCCCCCC/C=C\C/C=C\C/C=C\C/C=C\C/C=C\C/C=C\CC. The summed E-state index contributed by atoms with van der Waals surface area (Å²) in [6.45, 7) is 2.41. The summed E-state index contributed by atoms with van der Waals surface area (Å²) in [5.74, 6) is -1.61. The number of esters is 3. The van der Waals surface area contributed by atoms with Crippen LogP contribution in [0.4, 0.5) is 0 Å². The van der Waals surface area contributed by atoms with E-state index in [1.165, 1.54) is 103 Å². The highest BCUT2D eigenvalue weighted by atomic mass is 31.2. The Morgan fingerprint density at radius 2 is 0.453 bits per heavy atom. The van der Waals surface area contributed by atoms with E-state index in [-0.39, 0.29) is 19.3 Å². The molecule has 0 amide bonds. The monoisotopic (exact) mass is 1670 g/mol. The Labute approximate surface area is 712 Å². The zero-order valence-electron chi connectivity index (χ0n) is 73.3. The van der Waals surface area contributed by atoms with Crippen molar-refractivity contribution in [2.24, 2.45) is 0 Å². The van der Waals surface area contributed by atoms with Crippen molar-refractivity contribution < 1.29 is 75.8 Å². The van der Waals surface area contributed by atoms with Crippen LogP contribution in [0.5, 0.6) is 0 Å². The van der Waals surface area contributed by atoms with Crippen LogP contribution in [0.1, 0.15) is 355 Å². The summed E-state index contributed by atoms with van der Waals surface area (Å²) in [5, 5.41) is 20.7. The fraction of sp³-hybridized carbons (Fsp3) is 0.646. The second-order valence-corrected chi connectivity index (χ2v) is 32.9. The van der Waals surface area contributed by atoms with Crippen molar-refractivity contribution in [2.45, 2.75) is 373 Å². The smallest absolute Gasteiger partial charge is 0.463 e. The van der Waals surface area contributed by atoms with Gasteiger partial charge < -0.3 is 34.2 Å². The van der Waals surface area contributed by atoms with Crippen molar-refractivity contribution in [3.05, 3.63) is 194 Å². The maximum atomic E-state index is 13.1. The Hall–Kier alpha value is -5.61. The average molecular weight is 1670 g/mol. The topological polar surface area (TPSA) is 231 Å². The van der Waals surface area contributed by atoms with Crippen LogP contribution in [0.25, 0.3) is 0 Å². The molecule has 0 aromatic rings. The molecule has 18 heteroatoms. The van der Waals surface area contributed by atoms with Gasteiger partial charge in [0.15, 0.2) is 6.10 Å². The van der Waals surface area contributed by atoms with Gasteiger partial charge in [-0.05, 0) is 167 Å². The first-order chi connectivity index (χ1) is 57.2. The standard InChI is InChI=1S/C99H164O16P2/c1-4-7-10-13-16-19-22-25-28-31-34-37-40-43-44-45-46-47-48-51-53-55-58-61-64-67-70-73-76-79-82-85-97(102)109-88-94(100)89-111-116(105,106)112-90-95(101)91-113-117(107,108)114-93-96(115-99(104)87-84-81-78-75-72-69-66-63-60-57-54-50-42-39-36-33-30-27-24-21-18-15-12-9-6-3)92-110-98(103)86-83-80-77-74-71-68-65-62-59-56-52-49-41-38-35-32-29-26-23-20-17-14-11-8-5-2/h8-9,11-12,16-21,25-30,34-39,43-44,49-50,52,54,59-60,62-63,94-96,100-101H,4-7,10,13-15,22-24,31-33,40-42,45-48,51,53,55-58,61,64-93H2,1-3H3,(H,105,106)(H,107,108)/b11-8-,12-9-,19-16-,20-17-,21-18-,28-25-,29-26-,30-27-,37-34-,38-35-,39-36-,44-43-,52-49-,54-50-,62-59-,63-60-. The van der Waals surface area contributed by atoms with Gasteiger partial charge >= 0.3 is 33.6 Å². The van der Waals surface area contributed by atoms with Crippen LogP contribution in [-0.2, 0) is 55.8 Å². The first-order valence-electron chi connectivity index (χ1n) is 45.7. The summed E-state index contributed by atoms with van der Waals surface area (Å²) >= 11 is 0. The maximum Gasteiger partial charge on any atom is 0.472 e. The summed E-state index contributed by atoms with van der Waals surface area (Å²) in [6, 6.07) is 0. The van der Waals surface area contributed by atoms with Crippen molar-refractivity contribution in [2.75, 3.05) is 39.6 Å². The first-order valence-corrected chi connectivity index (χ1v) is 48.7. The minimum absolute atomic E-state index is 0.0756. The number of phosphoric ester groups is 2. The molecule has 0 saturated carbocycles. The molecule has 0 aromatic heterocycles. The van der Waals surface area contributed by atoms with Gasteiger partial charge in [0.05, 0.1) is 26.4 Å². The molecule has 0 heterocycles. The lowest BCUT2D eigenvalue weighted by Gasteiger charge is -2.21. The van der Waals surface area contributed by atoms with Gasteiger partial charge in [-0.25, -0.2) is 9.13 Å². The van der Waals surface area contributed by atoms with Gasteiger partial charge in [0.2, 0.25) is 0 Å². The Morgan fingerprint density at radius 1 is 0.248 bits per heavy atom. The molecule has 0 aliphatic rings. The number of allylic oxidation sites excluding steroid dienone is 32. The number of aliphatic hydroxyl groups is 2. The number of unbranched alkanes of at least 4 members (excludes halogenated alkanes) is 30. The van der Waals surface area contributed by atoms with Gasteiger partial charge in [0.25, 0.3) is 0 Å². The average Bonchev–Trinajstić information content (AvgIpc) is 1.04. The van der Waals surface area contributed by atoms with E-state index in [4.69, 9.17) is 32.3 Å². The second kappa shape index (κ2) is 89.6. The molecule has 0 aliphatic carbocycles. The summed E-state index contributed by atoms with van der Waals surface area (Å²) in [4.78, 5) is 59.0. The van der Waals surface area contributed by atoms with Crippen LogP contribution in [0, 0.1) is 0 Å². The Bertz CT molecular complexity index is 2910. The lowest BCUT2D eigenvalue weighted by atomic mass is 10.0. The second-order valence-electron chi connectivity index (χ2n) is 30.0. The van der Waals surface area contributed by atoms with Crippen LogP contribution in [0.2, 0.25) is 0 Å². The Balaban J connectivity index is 4.67. The summed E-state index contributed by atoms with van der Waals surface area (Å²) in [5.41, 5.74) is 0. The normalized spacial score (nSPS) is 14.7. The number of aliphatic hydroxyl groups excluding tert-OH is 2. The largest absolute Gasteiger partial charge is 0.472 e. The van der Waals surface area contributed by atoms with Gasteiger partial charge in [0, 0.05) is 19.3 Å². The summed E-state index contributed by atoms with van der Waals surface area (Å²) < 4.78 is 61.5. The van der Waals surface area contributed by atoms with Crippen LogP contribution in [0.3, 0.4) is 0 Å². The highest BCUT2D eigenvalue weighted by molar-refractivity contribution is 7.47. The van der Waals surface area contributed by atoms with Gasteiger partial charge in [-0.2, -0.15) is 0 Å². The van der Waals surface area contributed by atoms with E-state index in [0.717, 1.165) is 193 Å². The molecule has 5 unspecified atom stereocenters. The fourth-order valence-corrected chi connectivity index (χ4v) is 13.5. The van der Waals surface area contributed by atoms with E-state index >= 15 is 0 Å². The predicted octanol–water partition coefficient (Wildman–Crippen LogP) is 28.2. The van der Waals surface area contributed by atoms with E-state index in [0.29, 0.717) is 19.3 Å². The molecule has 0 saturated heterocycles. The van der Waals surface area contributed by atoms with Gasteiger partial charge in [-0.1, -0.05) is 363 Å². The zero-order valence-corrected chi connectivity index (χ0v) is 75.1. The first kappa shape index (κ1) is 111. The lowest BCUT2D eigenvalue weighted by molar-refractivity contribution is -0.161. The third kappa shape index (κ3) is 91.0. The molecule has 666 valence electrons. The minimum Gasteiger partial charge on any atom is -0.463 e. The molecule has 0 fully saturated rings. The van der Waals surface area contributed by atoms with Crippen LogP contribution < -0.4 is 0 Å². The van der Waals surface area contributed by atoms with E-state index in [2.05, 4.69) is 215 Å². The van der Waals surface area contributed by atoms with Gasteiger partial charge in [0.1, 0.15) is 25.4 Å². The molecule has 0 rings (SSSR count). The molecule has 5 atom stereocenters. The number of phosphoric acid groups is 2. The number of carbonyl (C=O) groups is 3. The number of carbonyl (C=O) groups excluding carboxylic acids is 3. The minimum atomic E-state index is -4.96. The van der Waals surface area contributed by atoms with Crippen molar-refractivity contribution >= 4 is 33.6 Å². The predicted molar refractivity (Wildman–Crippen MR) is 491 cm³/mol. The number of hydrogen-bond acceptors (Lipinski definition) is 14. The van der Waals surface area contributed by atoms with Crippen molar-refractivity contribution in [1.29, 1.82) is 0 Å². The highest BCUT2D eigenvalue weighted by Crippen LogP contribution is 2.45. The molecule has 0 bridgehead atoms. The van der Waals surface area contributed by atoms with Crippen molar-refractivity contribution in [3.8, 4) is 0 Å². The van der Waals surface area contributed by atoms with Crippen molar-refractivity contribution in [3.63, 3.8) is 0 Å². The third-order valence-electron chi connectivity index (χ3n) is 18.8. The molecule has 16 nitrogen and oxygen atoms in total. The van der Waals surface area contributed by atoms with Crippen LogP contribution >= 0.6 is 15.6 Å². The van der Waals surface area contributed by atoms with E-state index in [1.807, 2.05) is 0 Å². The van der Waals surface area contributed by atoms with Crippen LogP contribution in [-0.4, -0.2) is 95.9 Å². The molecule has 0 radical (unpaired) electrons. The summed E-state index contributed by atoms with van der Waals surface area (Å²) in [7, 11) is -9.83. The third-order valence-corrected chi connectivity index (χ3v) is 20.7. The highest BCUT2D eigenvalue weighted by Gasteiger charge is 2.29.